The second-order valence-electron chi connectivity index (χ2n) is 5.62. The Hall–Kier alpha value is -1.11. The number of rotatable bonds is 5. The molecule has 1 aromatic rings. The standard InChI is InChI=1S/C14H19ClN2O4/c1-19-13(18)10-8-17(16-12(10)15)9-14(5-6-14)21-11-4-2-3-7-20-11/h8,11H,2-7,9H2,1H3. The zero-order valence-electron chi connectivity index (χ0n) is 12.0. The van der Waals surface area contributed by atoms with Crippen molar-refractivity contribution in [3.8, 4) is 0 Å². The first-order valence-corrected chi connectivity index (χ1v) is 7.60. The summed E-state index contributed by atoms with van der Waals surface area (Å²) in [4.78, 5) is 11.5. The van der Waals surface area contributed by atoms with Gasteiger partial charge in [-0.1, -0.05) is 11.6 Å². The molecular weight excluding hydrogens is 296 g/mol. The lowest BCUT2D eigenvalue weighted by atomic mass is 10.2. The minimum Gasteiger partial charge on any atom is -0.465 e. The fraction of sp³-hybridized carbons (Fsp3) is 0.714. The van der Waals surface area contributed by atoms with E-state index in [4.69, 9.17) is 21.1 Å². The molecule has 2 heterocycles. The fourth-order valence-corrected chi connectivity index (χ4v) is 2.78. The summed E-state index contributed by atoms with van der Waals surface area (Å²) >= 11 is 5.96. The Kier molecular flexibility index (Phi) is 4.19. The first-order chi connectivity index (χ1) is 10.1. The van der Waals surface area contributed by atoms with Gasteiger partial charge in [0.25, 0.3) is 0 Å². The summed E-state index contributed by atoms with van der Waals surface area (Å²) in [5.41, 5.74) is 0.0500. The third kappa shape index (κ3) is 3.39. The Morgan fingerprint density at radius 1 is 1.57 bits per heavy atom. The van der Waals surface area contributed by atoms with Crippen molar-refractivity contribution < 1.29 is 19.0 Å². The van der Waals surface area contributed by atoms with E-state index in [2.05, 4.69) is 9.84 Å². The summed E-state index contributed by atoms with van der Waals surface area (Å²) in [6.07, 6.45) is 6.61. The zero-order chi connectivity index (χ0) is 14.9. The number of carbonyl (C=O) groups excluding carboxylic acids is 1. The first-order valence-electron chi connectivity index (χ1n) is 7.23. The highest BCUT2D eigenvalue weighted by Gasteiger charge is 2.47. The monoisotopic (exact) mass is 314 g/mol. The highest BCUT2D eigenvalue weighted by Crippen LogP contribution is 2.43. The van der Waals surface area contributed by atoms with Crippen molar-refractivity contribution in [1.29, 1.82) is 0 Å². The topological polar surface area (TPSA) is 62.6 Å². The van der Waals surface area contributed by atoms with Crippen LogP contribution < -0.4 is 0 Å². The van der Waals surface area contributed by atoms with Crippen LogP contribution in [-0.2, 0) is 20.8 Å². The second kappa shape index (κ2) is 5.94. The Morgan fingerprint density at radius 2 is 2.38 bits per heavy atom. The van der Waals surface area contributed by atoms with E-state index >= 15 is 0 Å². The molecule has 0 amide bonds. The smallest absolute Gasteiger partial charge is 0.342 e. The Labute approximate surface area is 128 Å². The molecule has 6 nitrogen and oxygen atoms in total. The predicted molar refractivity (Wildman–Crippen MR) is 75.2 cm³/mol. The van der Waals surface area contributed by atoms with Crippen LogP contribution in [-0.4, -0.2) is 41.4 Å². The summed E-state index contributed by atoms with van der Waals surface area (Å²) in [6.45, 7) is 1.34. The Morgan fingerprint density at radius 3 is 3.00 bits per heavy atom. The maximum absolute atomic E-state index is 11.5. The Balaban J connectivity index is 1.64. The summed E-state index contributed by atoms with van der Waals surface area (Å²) in [5.74, 6) is -0.479. The molecule has 7 heteroatoms. The number of aromatic nitrogens is 2. The quantitative estimate of drug-likeness (QED) is 0.781. The van der Waals surface area contributed by atoms with Gasteiger partial charge in [0.2, 0.25) is 0 Å². The van der Waals surface area contributed by atoms with Gasteiger partial charge in [-0.2, -0.15) is 5.10 Å². The average molecular weight is 315 g/mol. The third-order valence-corrected chi connectivity index (χ3v) is 4.18. The molecule has 0 N–H and O–H groups in total. The number of hydrogen-bond donors (Lipinski definition) is 0. The van der Waals surface area contributed by atoms with E-state index in [1.807, 2.05) is 0 Å². The van der Waals surface area contributed by atoms with Crippen molar-refractivity contribution in [1.82, 2.24) is 9.78 Å². The summed E-state index contributed by atoms with van der Waals surface area (Å²) in [5, 5.41) is 4.32. The molecule has 0 radical (unpaired) electrons. The largest absolute Gasteiger partial charge is 0.465 e. The number of nitrogens with zero attached hydrogens (tertiary/aromatic N) is 2. The number of hydrogen-bond acceptors (Lipinski definition) is 5. The van der Waals surface area contributed by atoms with Crippen molar-refractivity contribution in [2.75, 3.05) is 13.7 Å². The van der Waals surface area contributed by atoms with E-state index in [1.165, 1.54) is 7.11 Å². The van der Waals surface area contributed by atoms with Crippen LogP contribution in [0.5, 0.6) is 0 Å². The lowest BCUT2D eigenvalue weighted by Crippen LogP contribution is -2.32. The highest BCUT2D eigenvalue weighted by molar-refractivity contribution is 6.32. The fourth-order valence-electron chi connectivity index (χ4n) is 2.56. The van der Waals surface area contributed by atoms with Crippen molar-refractivity contribution in [2.45, 2.75) is 50.5 Å². The van der Waals surface area contributed by atoms with Crippen LogP contribution in [0.1, 0.15) is 42.5 Å². The van der Waals surface area contributed by atoms with E-state index in [0.29, 0.717) is 6.54 Å². The summed E-state index contributed by atoms with van der Waals surface area (Å²) in [7, 11) is 1.32. The molecule has 0 bridgehead atoms. The first kappa shape index (κ1) is 14.8. The number of carbonyl (C=O) groups is 1. The van der Waals surface area contributed by atoms with E-state index in [9.17, 15) is 4.79 Å². The van der Waals surface area contributed by atoms with Gasteiger partial charge in [0.05, 0.1) is 19.3 Å². The van der Waals surface area contributed by atoms with Gasteiger partial charge in [-0.05, 0) is 32.1 Å². The summed E-state index contributed by atoms with van der Waals surface area (Å²) in [6, 6.07) is 0. The van der Waals surface area contributed by atoms with E-state index in [-0.39, 0.29) is 22.6 Å². The van der Waals surface area contributed by atoms with Crippen LogP contribution in [0, 0.1) is 0 Å². The van der Waals surface area contributed by atoms with Gasteiger partial charge in [-0.3, -0.25) is 4.68 Å². The van der Waals surface area contributed by atoms with Gasteiger partial charge < -0.3 is 14.2 Å². The van der Waals surface area contributed by atoms with Crippen LogP contribution in [0.2, 0.25) is 5.15 Å². The van der Waals surface area contributed by atoms with Crippen molar-refractivity contribution in [3.63, 3.8) is 0 Å². The minimum absolute atomic E-state index is 0.118. The minimum atomic E-state index is -0.479. The van der Waals surface area contributed by atoms with Gasteiger partial charge in [-0.15, -0.1) is 0 Å². The number of halogens is 1. The highest BCUT2D eigenvalue weighted by atomic mass is 35.5. The van der Waals surface area contributed by atoms with Gasteiger partial charge in [-0.25, -0.2) is 4.79 Å². The molecule has 0 spiro atoms. The van der Waals surface area contributed by atoms with Crippen molar-refractivity contribution in [3.05, 3.63) is 16.9 Å². The molecule has 1 unspecified atom stereocenters. The molecule has 2 aliphatic rings. The van der Waals surface area contributed by atoms with Crippen molar-refractivity contribution in [2.24, 2.45) is 0 Å². The van der Waals surface area contributed by atoms with Gasteiger partial charge in [0, 0.05) is 12.8 Å². The zero-order valence-corrected chi connectivity index (χ0v) is 12.8. The normalized spacial score (nSPS) is 23.8. The van der Waals surface area contributed by atoms with E-state index in [0.717, 1.165) is 38.7 Å². The molecule has 3 rings (SSSR count). The lowest BCUT2D eigenvalue weighted by molar-refractivity contribution is -0.200. The molecule has 21 heavy (non-hydrogen) atoms. The van der Waals surface area contributed by atoms with Gasteiger partial charge in [0.1, 0.15) is 5.56 Å². The molecule has 0 aromatic carbocycles. The van der Waals surface area contributed by atoms with Gasteiger partial charge in [0.15, 0.2) is 11.4 Å². The number of esters is 1. The maximum Gasteiger partial charge on any atom is 0.342 e. The number of ether oxygens (including phenoxy) is 3. The molecule has 1 aliphatic heterocycles. The maximum atomic E-state index is 11.5. The average Bonchev–Trinajstić information content (AvgIpc) is 3.13. The lowest BCUT2D eigenvalue weighted by Gasteiger charge is -2.27. The van der Waals surface area contributed by atoms with Crippen LogP contribution in [0.4, 0.5) is 0 Å². The molecule has 116 valence electrons. The third-order valence-electron chi connectivity index (χ3n) is 3.90. The van der Waals surface area contributed by atoms with Crippen LogP contribution in [0.25, 0.3) is 0 Å². The van der Waals surface area contributed by atoms with Crippen LogP contribution >= 0.6 is 11.6 Å². The van der Waals surface area contributed by atoms with Gasteiger partial charge >= 0.3 is 5.97 Å². The predicted octanol–water partition coefficient (Wildman–Crippen LogP) is 2.40. The molecular formula is C14H19ClN2O4. The second-order valence-corrected chi connectivity index (χ2v) is 5.98. The van der Waals surface area contributed by atoms with E-state index in [1.54, 1.807) is 10.9 Å². The molecule has 1 saturated carbocycles. The van der Waals surface area contributed by atoms with Crippen LogP contribution in [0.3, 0.4) is 0 Å². The molecule has 1 aliphatic carbocycles. The number of methoxy groups -OCH3 is 1. The molecule has 1 saturated heterocycles. The molecule has 1 aromatic heterocycles. The Bertz CT molecular complexity index is 521. The molecule has 2 fully saturated rings. The SMILES string of the molecule is COC(=O)c1cn(CC2(OC3CCCCO3)CC2)nc1Cl. The summed E-state index contributed by atoms with van der Waals surface area (Å²) < 4.78 is 18.0. The molecule has 1 atom stereocenters. The van der Waals surface area contributed by atoms with Crippen LogP contribution in [0.15, 0.2) is 6.20 Å². The van der Waals surface area contributed by atoms with Crippen molar-refractivity contribution >= 4 is 17.6 Å². The van der Waals surface area contributed by atoms with E-state index < -0.39 is 5.97 Å².